The van der Waals surface area contributed by atoms with Crippen LogP contribution in [0.2, 0.25) is 0 Å². The van der Waals surface area contributed by atoms with Crippen LogP contribution in [0, 0.1) is 11.8 Å². The summed E-state index contributed by atoms with van der Waals surface area (Å²) in [5, 5.41) is 0. The average Bonchev–Trinajstić information content (AvgIpc) is 2.65. The molecule has 0 aliphatic heterocycles. The second-order valence-electron chi connectivity index (χ2n) is 4.48. The van der Waals surface area contributed by atoms with Crippen LogP contribution in [0.5, 0.6) is 0 Å². The fourth-order valence-electron chi connectivity index (χ4n) is 2.42. The van der Waals surface area contributed by atoms with Crippen LogP contribution in [0.15, 0.2) is 0 Å². The van der Waals surface area contributed by atoms with Crippen molar-refractivity contribution >= 4 is 17.5 Å². The van der Waals surface area contributed by atoms with E-state index < -0.39 is 0 Å². The van der Waals surface area contributed by atoms with Gasteiger partial charge in [0.05, 0.1) is 0 Å². The maximum atomic E-state index is 12.2. The Balaban J connectivity index is 2.48. The lowest BCUT2D eigenvalue weighted by Crippen LogP contribution is -2.37. The van der Waals surface area contributed by atoms with Crippen LogP contribution in [0.3, 0.4) is 0 Å². The summed E-state index contributed by atoms with van der Waals surface area (Å²) in [4.78, 5) is 14.1. The summed E-state index contributed by atoms with van der Waals surface area (Å²) >= 11 is 5.66. The third kappa shape index (κ3) is 3.37. The van der Waals surface area contributed by atoms with Crippen molar-refractivity contribution in [3.8, 4) is 0 Å². The van der Waals surface area contributed by atoms with Crippen LogP contribution in [-0.4, -0.2) is 29.8 Å². The van der Waals surface area contributed by atoms with Gasteiger partial charge in [-0.2, -0.15) is 0 Å². The highest BCUT2D eigenvalue weighted by Crippen LogP contribution is 2.32. The molecule has 0 spiro atoms. The normalized spacial score (nSPS) is 25.5. The average molecular weight is 232 g/mol. The molecule has 15 heavy (non-hydrogen) atoms. The number of hydrogen-bond acceptors (Lipinski definition) is 1. The van der Waals surface area contributed by atoms with Crippen LogP contribution in [0.4, 0.5) is 0 Å². The van der Waals surface area contributed by atoms with Crippen molar-refractivity contribution in [1.29, 1.82) is 0 Å². The fourth-order valence-corrected chi connectivity index (χ4v) is 2.54. The minimum Gasteiger partial charge on any atom is -0.343 e. The molecule has 0 aromatic rings. The Hall–Kier alpha value is -0.240. The van der Waals surface area contributed by atoms with E-state index in [0.717, 1.165) is 25.9 Å². The maximum Gasteiger partial charge on any atom is 0.225 e. The Morgan fingerprint density at radius 2 is 2.20 bits per heavy atom. The number of alkyl halides is 1. The minimum atomic E-state index is 0.278. The Labute approximate surface area is 98.0 Å². The molecule has 0 aromatic carbocycles. The molecule has 2 unspecified atom stereocenters. The molecule has 2 atom stereocenters. The highest BCUT2D eigenvalue weighted by molar-refractivity contribution is 6.17. The Bertz CT molecular complexity index is 208. The van der Waals surface area contributed by atoms with Crippen molar-refractivity contribution in [2.75, 3.05) is 19.0 Å². The predicted molar refractivity (Wildman–Crippen MR) is 64.1 cm³/mol. The van der Waals surface area contributed by atoms with Crippen LogP contribution < -0.4 is 0 Å². The van der Waals surface area contributed by atoms with E-state index in [1.54, 1.807) is 0 Å². The largest absolute Gasteiger partial charge is 0.343 e. The molecule has 1 aliphatic rings. The summed E-state index contributed by atoms with van der Waals surface area (Å²) in [5.74, 6) is 1.85. The Morgan fingerprint density at radius 1 is 1.47 bits per heavy atom. The number of nitrogens with zero attached hydrogens (tertiary/aromatic N) is 1. The van der Waals surface area contributed by atoms with Gasteiger partial charge in [-0.3, -0.25) is 4.79 Å². The molecular weight excluding hydrogens is 210 g/mol. The standard InChI is InChI=1S/C12H22ClNO/c1-3-14(9-5-8-13)12(15)11-7-4-6-10(11)2/h10-11H,3-9H2,1-2H3. The maximum absolute atomic E-state index is 12.2. The summed E-state index contributed by atoms with van der Waals surface area (Å²) in [5.41, 5.74) is 0. The highest BCUT2D eigenvalue weighted by atomic mass is 35.5. The van der Waals surface area contributed by atoms with Gasteiger partial charge in [0, 0.05) is 24.9 Å². The quantitative estimate of drug-likeness (QED) is 0.667. The third-order valence-electron chi connectivity index (χ3n) is 3.43. The van der Waals surface area contributed by atoms with Gasteiger partial charge in [0.15, 0.2) is 0 Å². The molecule has 0 radical (unpaired) electrons. The second kappa shape index (κ2) is 6.37. The van der Waals surface area contributed by atoms with Gasteiger partial charge in [0.25, 0.3) is 0 Å². The Morgan fingerprint density at radius 3 is 2.67 bits per heavy atom. The molecule has 1 aliphatic carbocycles. The molecule has 0 N–H and O–H groups in total. The van der Waals surface area contributed by atoms with Crippen molar-refractivity contribution in [2.45, 2.75) is 39.5 Å². The van der Waals surface area contributed by atoms with Crippen LogP contribution in [0.25, 0.3) is 0 Å². The summed E-state index contributed by atoms with van der Waals surface area (Å²) in [6, 6.07) is 0. The van der Waals surface area contributed by atoms with Crippen LogP contribution >= 0.6 is 11.6 Å². The molecule has 1 fully saturated rings. The van der Waals surface area contributed by atoms with E-state index in [-0.39, 0.29) is 5.92 Å². The number of amides is 1. The summed E-state index contributed by atoms with van der Waals surface area (Å²) in [6.45, 7) is 5.89. The van der Waals surface area contributed by atoms with Crippen molar-refractivity contribution in [1.82, 2.24) is 4.90 Å². The van der Waals surface area contributed by atoms with E-state index in [1.807, 2.05) is 11.8 Å². The molecule has 0 heterocycles. The van der Waals surface area contributed by atoms with E-state index in [1.165, 1.54) is 12.8 Å². The fraction of sp³-hybridized carbons (Fsp3) is 0.917. The summed E-state index contributed by atoms with van der Waals surface area (Å²) in [7, 11) is 0. The van der Waals surface area contributed by atoms with Crippen molar-refractivity contribution < 1.29 is 4.79 Å². The van der Waals surface area contributed by atoms with Crippen LogP contribution in [0.1, 0.15) is 39.5 Å². The van der Waals surface area contributed by atoms with Gasteiger partial charge in [-0.25, -0.2) is 0 Å². The van der Waals surface area contributed by atoms with E-state index in [9.17, 15) is 4.79 Å². The highest BCUT2D eigenvalue weighted by Gasteiger charge is 2.31. The van der Waals surface area contributed by atoms with Gasteiger partial charge >= 0.3 is 0 Å². The number of carbonyl (C=O) groups excluding carboxylic acids is 1. The number of halogens is 1. The monoisotopic (exact) mass is 231 g/mol. The molecule has 1 saturated carbocycles. The van der Waals surface area contributed by atoms with Gasteiger partial charge in [-0.1, -0.05) is 13.3 Å². The van der Waals surface area contributed by atoms with Gasteiger partial charge in [-0.05, 0) is 32.1 Å². The summed E-state index contributed by atoms with van der Waals surface area (Å²) < 4.78 is 0. The number of carbonyl (C=O) groups is 1. The first-order valence-corrected chi connectivity index (χ1v) is 6.58. The SMILES string of the molecule is CCN(CCCCl)C(=O)C1CCCC1C. The zero-order valence-electron chi connectivity index (χ0n) is 9.84. The zero-order valence-corrected chi connectivity index (χ0v) is 10.6. The molecule has 88 valence electrons. The van der Waals surface area contributed by atoms with Gasteiger partial charge in [0.2, 0.25) is 5.91 Å². The first-order chi connectivity index (χ1) is 7.20. The lowest BCUT2D eigenvalue weighted by Gasteiger charge is -2.25. The lowest BCUT2D eigenvalue weighted by molar-refractivity contribution is -0.136. The van der Waals surface area contributed by atoms with Gasteiger partial charge in [-0.15, -0.1) is 11.6 Å². The molecule has 2 nitrogen and oxygen atoms in total. The van der Waals surface area contributed by atoms with Crippen LogP contribution in [-0.2, 0) is 4.79 Å². The molecule has 1 amide bonds. The third-order valence-corrected chi connectivity index (χ3v) is 3.70. The molecule has 3 heteroatoms. The molecule has 0 aromatic heterocycles. The predicted octanol–water partition coefficient (Wildman–Crippen LogP) is 2.90. The first-order valence-electron chi connectivity index (χ1n) is 6.05. The first kappa shape index (κ1) is 12.8. The number of rotatable bonds is 5. The summed E-state index contributed by atoms with van der Waals surface area (Å²) in [6.07, 6.45) is 4.41. The topological polar surface area (TPSA) is 20.3 Å². The van der Waals surface area contributed by atoms with E-state index in [4.69, 9.17) is 11.6 Å². The molecule has 0 saturated heterocycles. The second-order valence-corrected chi connectivity index (χ2v) is 4.85. The minimum absolute atomic E-state index is 0.278. The molecule has 0 bridgehead atoms. The van der Waals surface area contributed by atoms with Crippen molar-refractivity contribution in [2.24, 2.45) is 11.8 Å². The van der Waals surface area contributed by atoms with E-state index >= 15 is 0 Å². The zero-order chi connectivity index (χ0) is 11.3. The smallest absolute Gasteiger partial charge is 0.225 e. The molecule has 1 rings (SSSR count). The van der Waals surface area contributed by atoms with E-state index in [0.29, 0.717) is 17.7 Å². The lowest BCUT2D eigenvalue weighted by atomic mass is 9.96. The van der Waals surface area contributed by atoms with Gasteiger partial charge < -0.3 is 4.90 Å². The van der Waals surface area contributed by atoms with E-state index in [2.05, 4.69) is 6.92 Å². The van der Waals surface area contributed by atoms with Crippen molar-refractivity contribution in [3.05, 3.63) is 0 Å². The van der Waals surface area contributed by atoms with Gasteiger partial charge in [0.1, 0.15) is 0 Å². The number of hydrogen-bond donors (Lipinski definition) is 0. The van der Waals surface area contributed by atoms with Crippen molar-refractivity contribution in [3.63, 3.8) is 0 Å². The molecular formula is C12H22ClNO. The Kier molecular flexibility index (Phi) is 5.44.